The van der Waals surface area contributed by atoms with Gasteiger partial charge in [0, 0.05) is 6.04 Å². The Hall–Kier alpha value is -0.940. The number of thiazole rings is 1. The standard InChI is InChI=1S/C14H18N2OS2/c1-2-17-11-3-4-12-13(9-11)19-14(16-12)15-10-5-7-18-8-6-10/h3-4,9-10H,2,5-8H2,1H3,(H,15,16). The number of hydrogen-bond acceptors (Lipinski definition) is 5. The van der Waals surface area contributed by atoms with Crippen LogP contribution in [0.4, 0.5) is 5.13 Å². The zero-order valence-corrected chi connectivity index (χ0v) is 12.6. The molecule has 0 amide bonds. The first kappa shape index (κ1) is 13.1. The highest BCUT2D eigenvalue weighted by Gasteiger charge is 2.15. The summed E-state index contributed by atoms with van der Waals surface area (Å²) in [6.45, 7) is 2.71. The van der Waals surface area contributed by atoms with Gasteiger partial charge in [0.05, 0.1) is 16.8 Å². The first-order valence-electron chi connectivity index (χ1n) is 6.73. The second-order valence-electron chi connectivity index (χ2n) is 4.61. The van der Waals surface area contributed by atoms with Crippen LogP contribution in [0.5, 0.6) is 5.75 Å². The number of benzene rings is 1. The number of nitrogens with zero attached hydrogens (tertiary/aromatic N) is 1. The van der Waals surface area contributed by atoms with Crippen molar-refractivity contribution < 1.29 is 4.74 Å². The molecule has 1 fully saturated rings. The molecule has 2 aromatic rings. The van der Waals surface area contributed by atoms with E-state index < -0.39 is 0 Å². The molecule has 1 saturated heterocycles. The van der Waals surface area contributed by atoms with Crippen LogP contribution < -0.4 is 10.1 Å². The second kappa shape index (κ2) is 6.01. The number of hydrogen-bond donors (Lipinski definition) is 1. The van der Waals surface area contributed by atoms with E-state index in [1.807, 2.05) is 30.8 Å². The molecule has 2 heterocycles. The van der Waals surface area contributed by atoms with E-state index in [1.54, 1.807) is 11.3 Å². The molecular formula is C14H18N2OS2. The first-order chi connectivity index (χ1) is 9.35. The van der Waals surface area contributed by atoms with Gasteiger partial charge in [0.1, 0.15) is 5.75 Å². The number of rotatable bonds is 4. The minimum Gasteiger partial charge on any atom is -0.494 e. The molecule has 0 spiro atoms. The smallest absolute Gasteiger partial charge is 0.184 e. The summed E-state index contributed by atoms with van der Waals surface area (Å²) in [7, 11) is 0. The lowest BCUT2D eigenvalue weighted by atomic mass is 10.2. The molecular weight excluding hydrogens is 276 g/mol. The SMILES string of the molecule is CCOc1ccc2nc(NC3CCSCC3)sc2c1. The number of thioether (sulfide) groups is 1. The zero-order valence-electron chi connectivity index (χ0n) is 11.0. The topological polar surface area (TPSA) is 34.1 Å². The van der Waals surface area contributed by atoms with Crippen molar-refractivity contribution in [2.75, 3.05) is 23.4 Å². The number of ether oxygens (including phenoxy) is 1. The van der Waals surface area contributed by atoms with E-state index in [0.29, 0.717) is 12.6 Å². The van der Waals surface area contributed by atoms with Crippen LogP contribution in [0.3, 0.4) is 0 Å². The molecule has 0 aliphatic carbocycles. The fourth-order valence-corrected chi connectivity index (χ4v) is 4.32. The quantitative estimate of drug-likeness (QED) is 0.924. The van der Waals surface area contributed by atoms with E-state index in [0.717, 1.165) is 16.4 Å². The number of fused-ring (bicyclic) bond motifs is 1. The highest BCUT2D eigenvalue weighted by Crippen LogP contribution is 2.31. The van der Waals surface area contributed by atoms with Crippen LogP contribution in [0.2, 0.25) is 0 Å². The third-order valence-corrected chi connectivity index (χ3v) is 5.22. The van der Waals surface area contributed by atoms with Gasteiger partial charge in [-0.1, -0.05) is 11.3 Å². The molecule has 1 N–H and O–H groups in total. The van der Waals surface area contributed by atoms with Crippen molar-refractivity contribution in [3.8, 4) is 5.75 Å². The maximum Gasteiger partial charge on any atom is 0.184 e. The highest BCUT2D eigenvalue weighted by molar-refractivity contribution is 7.99. The van der Waals surface area contributed by atoms with Gasteiger partial charge in [-0.2, -0.15) is 11.8 Å². The van der Waals surface area contributed by atoms with Gasteiger partial charge in [0.2, 0.25) is 0 Å². The Bertz CT molecular complexity index is 549. The third kappa shape index (κ3) is 3.15. The summed E-state index contributed by atoms with van der Waals surface area (Å²) in [5.41, 5.74) is 1.06. The van der Waals surface area contributed by atoms with Crippen molar-refractivity contribution in [3.05, 3.63) is 18.2 Å². The average Bonchev–Trinajstić information content (AvgIpc) is 2.82. The van der Waals surface area contributed by atoms with Crippen molar-refractivity contribution in [3.63, 3.8) is 0 Å². The van der Waals surface area contributed by atoms with E-state index in [9.17, 15) is 0 Å². The van der Waals surface area contributed by atoms with Crippen LogP contribution in [0.25, 0.3) is 10.2 Å². The van der Waals surface area contributed by atoms with E-state index in [1.165, 1.54) is 29.0 Å². The molecule has 1 aliphatic heterocycles. The molecule has 0 atom stereocenters. The van der Waals surface area contributed by atoms with Crippen LogP contribution in [0, 0.1) is 0 Å². The number of aromatic nitrogens is 1. The lowest BCUT2D eigenvalue weighted by Gasteiger charge is -2.21. The van der Waals surface area contributed by atoms with Crippen LogP contribution in [0.1, 0.15) is 19.8 Å². The molecule has 0 unspecified atom stereocenters. The molecule has 3 nitrogen and oxygen atoms in total. The predicted molar refractivity (Wildman–Crippen MR) is 84.8 cm³/mol. The summed E-state index contributed by atoms with van der Waals surface area (Å²) in [6.07, 6.45) is 2.48. The van der Waals surface area contributed by atoms with Gasteiger partial charge >= 0.3 is 0 Å². The second-order valence-corrected chi connectivity index (χ2v) is 6.87. The van der Waals surface area contributed by atoms with Gasteiger partial charge < -0.3 is 10.1 Å². The molecule has 1 aromatic heterocycles. The number of anilines is 1. The molecule has 0 radical (unpaired) electrons. The Morgan fingerprint density at radius 3 is 3.00 bits per heavy atom. The van der Waals surface area contributed by atoms with Gasteiger partial charge in [-0.15, -0.1) is 0 Å². The Labute approximate surface area is 121 Å². The van der Waals surface area contributed by atoms with Gasteiger partial charge in [-0.05, 0) is 49.5 Å². The lowest BCUT2D eigenvalue weighted by molar-refractivity contribution is 0.341. The van der Waals surface area contributed by atoms with Crippen LogP contribution in [-0.2, 0) is 0 Å². The Balaban J connectivity index is 1.76. The van der Waals surface area contributed by atoms with E-state index >= 15 is 0 Å². The fourth-order valence-electron chi connectivity index (χ4n) is 2.24. The van der Waals surface area contributed by atoms with Crippen molar-refractivity contribution >= 4 is 38.4 Å². The molecule has 1 aliphatic rings. The van der Waals surface area contributed by atoms with E-state index in [2.05, 4.69) is 16.4 Å². The van der Waals surface area contributed by atoms with E-state index in [-0.39, 0.29) is 0 Å². The first-order valence-corrected chi connectivity index (χ1v) is 8.70. The van der Waals surface area contributed by atoms with Gasteiger partial charge in [0.25, 0.3) is 0 Å². The summed E-state index contributed by atoms with van der Waals surface area (Å²) >= 11 is 3.77. The summed E-state index contributed by atoms with van der Waals surface area (Å²) in [6, 6.07) is 6.71. The zero-order chi connectivity index (χ0) is 13.1. The van der Waals surface area contributed by atoms with Crippen molar-refractivity contribution in [2.24, 2.45) is 0 Å². The fraction of sp³-hybridized carbons (Fsp3) is 0.500. The molecule has 0 saturated carbocycles. The molecule has 5 heteroatoms. The molecule has 0 bridgehead atoms. The summed E-state index contributed by atoms with van der Waals surface area (Å²) in [5, 5.41) is 4.62. The third-order valence-electron chi connectivity index (χ3n) is 3.22. The Morgan fingerprint density at radius 2 is 2.21 bits per heavy atom. The van der Waals surface area contributed by atoms with Gasteiger partial charge in [-0.3, -0.25) is 0 Å². The minimum absolute atomic E-state index is 0.591. The van der Waals surface area contributed by atoms with Crippen LogP contribution in [-0.4, -0.2) is 29.1 Å². The maximum absolute atomic E-state index is 5.53. The van der Waals surface area contributed by atoms with Gasteiger partial charge in [-0.25, -0.2) is 4.98 Å². The number of nitrogens with one attached hydrogen (secondary N) is 1. The Morgan fingerprint density at radius 1 is 1.37 bits per heavy atom. The Kier molecular flexibility index (Phi) is 4.13. The monoisotopic (exact) mass is 294 g/mol. The summed E-state index contributed by atoms with van der Waals surface area (Å²) in [5.74, 6) is 3.45. The maximum atomic E-state index is 5.53. The summed E-state index contributed by atoms with van der Waals surface area (Å²) < 4.78 is 6.72. The largest absolute Gasteiger partial charge is 0.494 e. The normalized spacial score (nSPS) is 16.7. The average molecular weight is 294 g/mol. The highest BCUT2D eigenvalue weighted by atomic mass is 32.2. The van der Waals surface area contributed by atoms with Gasteiger partial charge in [0.15, 0.2) is 5.13 Å². The minimum atomic E-state index is 0.591. The van der Waals surface area contributed by atoms with Crippen LogP contribution >= 0.6 is 23.1 Å². The lowest BCUT2D eigenvalue weighted by Crippen LogP contribution is -2.24. The molecule has 1 aromatic carbocycles. The summed E-state index contributed by atoms with van der Waals surface area (Å²) in [4.78, 5) is 4.65. The molecule has 102 valence electrons. The predicted octanol–water partition coefficient (Wildman–Crippen LogP) is 4.00. The van der Waals surface area contributed by atoms with Crippen molar-refractivity contribution in [1.29, 1.82) is 0 Å². The van der Waals surface area contributed by atoms with Crippen LogP contribution in [0.15, 0.2) is 18.2 Å². The van der Waals surface area contributed by atoms with Crippen molar-refractivity contribution in [1.82, 2.24) is 4.98 Å². The van der Waals surface area contributed by atoms with Crippen molar-refractivity contribution in [2.45, 2.75) is 25.8 Å². The molecule has 19 heavy (non-hydrogen) atoms. The van der Waals surface area contributed by atoms with E-state index in [4.69, 9.17) is 4.74 Å². The molecule has 3 rings (SSSR count).